The lowest BCUT2D eigenvalue weighted by Gasteiger charge is -2.36. The second-order valence-corrected chi connectivity index (χ2v) is 5.17. The van der Waals surface area contributed by atoms with E-state index in [-0.39, 0.29) is 0 Å². The maximum atomic E-state index is 9.92. The van der Waals surface area contributed by atoms with Crippen LogP contribution >= 0.6 is 11.8 Å². The largest absolute Gasteiger partial charge is 0.393 e. The van der Waals surface area contributed by atoms with Crippen LogP contribution in [0.5, 0.6) is 0 Å². The van der Waals surface area contributed by atoms with Crippen LogP contribution in [-0.4, -0.2) is 66.4 Å². The molecule has 0 amide bonds. The van der Waals surface area contributed by atoms with Crippen molar-refractivity contribution < 1.29 is 24.8 Å². The Balaban J connectivity index is 2.00. The number of imidazole rings is 1. The summed E-state index contributed by atoms with van der Waals surface area (Å²) < 4.78 is 11.9. The van der Waals surface area contributed by atoms with Gasteiger partial charge in [0.15, 0.2) is 18.2 Å². The van der Waals surface area contributed by atoms with E-state index in [1.165, 1.54) is 29.0 Å². The molecule has 0 aromatic carbocycles. The number of hydrogen-bond acceptors (Lipinski definition) is 9. The minimum absolute atomic E-state index is 0.442. The maximum absolute atomic E-state index is 9.92. The molecule has 0 aliphatic carbocycles. The SMILES string of the molecule is CSc1ncnc2c1ncn2[C@H]1O[C@@H](CO)[C@@H](O)O[C@H]1O. The minimum atomic E-state index is -1.41. The van der Waals surface area contributed by atoms with Crippen LogP contribution in [0.4, 0.5) is 0 Å². The molecule has 9 nitrogen and oxygen atoms in total. The second kappa shape index (κ2) is 5.83. The molecule has 0 unspecified atom stereocenters. The van der Waals surface area contributed by atoms with E-state index in [0.717, 1.165) is 0 Å². The van der Waals surface area contributed by atoms with Gasteiger partial charge in [-0.1, -0.05) is 0 Å². The zero-order valence-corrected chi connectivity index (χ0v) is 11.8. The van der Waals surface area contributed by atoms with Gasteiger partial charge in [0.2, 0.25) is 6.29 Å². The lowest BCUT2D eigenvalue weighted by molar-refractivity contribution is -0.355. The van der Waals surface area contributed by atoms with Crippen molar-refractivity contribution in [3.63, 3.8) is 0 Å². The molecule has 0 saturated carbocycles. The predicted molar refractivity (Wildman–Crippen MR) is 71.2 cm³/mol. The lowest BCUT2D eigenvalue weighted by atomic mass is 10.3. The van der Waals surface area contributed by atoms with Crippen LogP contribution in [0.15, 0.2) is 17.7 Å². The second-order valence-electron chi connectivity index (χ2n) is 4.37. The molecule has 0 radical (unpaired) electrons. The average Bonchev–Trinajstić information content (AvgIpc) is 2.91. The topological polar surface area (TPSA) is 123 Å². The van der Waals surface area contributed by atoms with Gasteiger partial charge in [0.1, 0.15) is 23.0 Å². The molecule has 21 heavy (non-hydrogen) atoms. The highest BCUT2D eigenvalue weighted by molar-refractivity contribution is 7.98. The van der Waals surface area contributed by atoms with Gasteiger partial charge in [0.25, 0.3) is 0 Å². The van der Waals surface area contributed by atoms with Crippen LogP contribution in [-0.2, 0) is 9.47 Å². The first kappa shape index (κ1) is 14.6. The Labute approximate surface area is 123 Å². The van der Waals surface area contributed by atoms with Crippen LogP contribution in [0.25, 0.3) is 11.2 Å². The number of nitrogens with zero attached hydrogens (tertiary/aromatic N) is 4. The lowest BCUT2D eigenvalue weighted by Crippen LogP contribution is -2.48. The zero-order valence-electron chi connectivity index (χ0n) is 11.0. The normalized spacial score (nSPS) is 29.9. The van der Waals surface area contributed by atoms with Crippen LogP contribution in [0, 0.1) is 0 Å². The van der Waals surface area contributed by atoms with Gasteiger partial charge in [0.05, 0.1) is 12.9 Å². The predicted octanol–water partition coefficient (Wildman–Crippen LogP) is -0.909. The van der Waals surface area contributed by atoms with E-state index in [0.29, 0.717) is 16.2 Å². The summed E-state index contributed by atoms with van der Waals surface area (Å²) in [4.78, 5) is 12.5. The molecule has 3 rings (SSSR count). The molecule has 10 heteroatoms. The standard InChI is InChI=1S/C11H14N4O5S/c1-21-8-6-7(12-3-13-8)15(4-14-6)9-11(18)20-10(17)5(2-16)19-9/h3-5,9-11,16-18H,2H2,1H3/t5-,9-,10-,11+/m0/s1. The number of fused-ring (bicyclic) bond motifs is 1. The summed E-state index contributed by atoms with van der Waals surface area (Å²) in [5, 5.41) is 29.3. The molecule has 4 atom stereocenters. The number of ether oxygens (including phenoxy) is 2. The average molecular weight is 314 g/mol. The third-order valence-corrected chi connectivity index (χ3v) is 3.81. The smallest absolute Gasteiger partial charge is 0.203 e. The zero-order chi connectivity index (χ0) is 15.0. The Morgan fingerprint density at radius 1 is 1.24 bits per heavy atom. The van der Waals surface area contributed by atoms with Crippen molar-refractivity contribution in [2.24, 2.45) is 0 Å². The van der Waals surface area contributed by atoms with Gasteiger partial charge in [-0.3, -0.25) is 4.57 Å². The molecule has 1 aliphatic heterocycles. The summed E-state index contributed by atoms with van der Waals surface area (Å²) in [5.41, 5.74) is 1.04. The fourth-order valence-corrected chi connectivity index (χ4v) is 2.60. The minimum Gasteiger partial charge on any atom is -0.393 e. The first-order chi connectivity index (χ1) is 10.2. The van der Waals surface area contributed by atoms with Crippen molar-refractivity contribution >= 4 is 22.9 Å². The molecule has 3 heterocycles. The Morgan fingerprint density at radius 3 is 2.76 bits per heavy atom. The molecule has 1 fully saturated rings. The third kappa shape index (κ3) is 2.50. The maximum Gasteiger partial charge on any atom is 0.203 e. The quantitative estimate of drug-likeness (QED) is 0.488. The molecule has 2 aromatic heterocycles. The first-order valence-corrected chi connectivity index (χ1v) is 7.37. The molecular weight excluding hydrogens is 300 g/mol. The van der Waals surface area contributed by atoms with Gasteiger partial charge in [-0.15, -0.1) is 11.8 Å². The Morgan fingerprint density at radius 2 is 2.05 bits per heavy atom. The van der Waals surface area contributed by atoms with Gasteiger partial charge in [-0.25, -0.2) is 15.0 Å². The number of rotatable bonds is 3. The summed E-state index contributed by atoms with van der Waals surface area (Å²) in [7, 11) is 0. The highest BCUT2D eigenvalue weighted by Gasteiger charge is 2.38. The van der Waals surface area contributed by atoms with Crippen LogP contribution < -0.4 is 0 Å². The van der Waals surface area contributed by atoms with E-state index in [2.05, 4.69) is 15.0 Å². The van der Waals surface area contributed by atoms with E-state index < -0.39 is 31.5 Å². The van der Waals surface area contributed by atoms with Gasteiger partial charge in [0, 0.05) is 0 Å². The van der Waals surface area contributed by atoms with Crippen molar-refractivity contribution in [3.8, 4) is 0 Å². The summed E-state index contributed by atoms with van der Waals surface area (Å²) in [5.74, 6) is 0. The van der Waals surface area contributed by atoms with Gasteiger partial charge in [-0.05, 0) is 6.26 Å². The summed E-state index contributed by atoms with van der Waals surface area (Å²) in [6.45, 7) is -0.442. The van der Waals surface area contributed by atoms with E-state index in [9.17, 15) is 10.2 Å². The summed E-state index contributed by atoms with van der Waals surface area (Å²) in [6, 6.07) is 0. The molecule has 1 saturated heterocycles. The molecular formula is C11H14N4O5S. The fraction of sp³-hybridized carbons (Fsp3) is 0.545. The Hall–Kier alpha value is -1.30. The van der Waals surface area contributed by atoms with E-state index >= 15 is 0 Å². The number of hydrogen-bond donors (Lipinski definition) is 3. The summed E-state index contributed by atoms with van der Waals surface area (Å²) >= 11 is 1.42. The molecule has 0 bridgehead atoms. The first-order valence-electron chi connectivity index (χ1n) is 6.15. The van der Waals surface area contributed by atoms with Gasteiger partial charge in [-0.2, -0.15) is 0 Å². The number of aliphatic hydroxyl groups is 3. The van der Waals surface area contributed by atoms with Crippen molar-refractivity contribution in [1.82, 2.24) is 19.5 Å². The van der Waals surface area contributed by atoms with Crippen molar-refractivity contribution in [1.29, 1.82) is 0 Å². The molecule has 114 valence electrons. The Kier molecular flexibility index (Phi) is 4.06. The highest BCUT2D eigenvalue weighted by Crippen LogP contribution is 2.29. The third-order valence-electron chi connectivity index (χ3n) is 3.13. The van der Waals surface area contributed by atoms with Gasteiger partial charge < -0.3 is 24.8 Å². The van der Waals surface area contributed by atoms with Crippen molar-refractivity contribution in [2.75, 3.05) is 12.9 Å². The van der Waals surface area contributed by atoms with Gasteiger partial charge >= 0.3 is 0 Å². The monoisotopic (exact) mass is 314 g/mol. The Bertz CT molecular complexity index is 638. The molecule has 3 N–H and O–H groups in total. The number of aromatic nitrogens is 4. The van der Waals surface area contributed by atoms with Crippen LogP contribution in [0.3, 0.4) is 0 Å². The number of thioether (sulfide) groups is 1. The highest BCUT2D eigenvalue weighted by atomic mass is 32.2. The van der Waals surface area contributed by atoms with E-state index in [4.69, 9.17) is 14.6 Å². The summed E-state index contributed by atoms with van der Waals surface area (Å²) in [6.07, 6.45) is -0.0322. The number of aliphatic hydroxyl groups excluding tert-OH is 3. The van der Waals surface area contributed by atoms with Crippen molar-refractivity contribution in [2.45, 2.75) is 29.9 Å². The fourth-order valence-electron chi connectivity index (χ4n) is 2.11. The molecule has 1 aliphatic rings. The molecule has 2 aromatic rings. The van der Waals surface area contributed by atoms with E-state index in [1.54, 1.807) is 0 Å². The van der Waals surface area contributed by atoms with Crippen molar-refractivity contribution in [3.05, 3.63) is 12.7 Å². The van der Waals surface area contributed by atoms with E-state index in [1.807, 2.05) is 6.26 Å². The molecule has 0 spiro atoms. The van der Waals surface area contributed by atoms with Crippen LogP contribution in [0.2, 0.25) is 0 Å². The van der Waals surface area contributed by atoms with Crippen LogP contribution in [0.1, 0.15) is 6.23 Å².